The Morgan fingerprint density at radius 1 is 0.871 bits per heavy atom. The first-order valence-corrected chi connectivity index (χ1v) is 13.9. The molecule has 1 N–H and O–H groups in total. The highest BCUT2D eigenvalue weighted by Crippen LogP contribution is 2.34. The third kappa shape index (κ3) is 5.69. The number of anilines is 2. The Labute approximate surface area is 200 Å². The second kappa shape index (κ2) is 10.0. The van der Waals surface area contributed by atoms with E-state index in [1.807, 2.05) is 39.8 Å². The van der Waals surface area contributed by atoms with Crippen LogP contribution in [0.15, 0.2) is 58.4 Å². The number of rotatable bonds is 7. The van der Waals surface area contributed by atoms with Crippen molar-refractivity contribution in [3.05, 3.63) is 63.2 Å². The van der Waals surface area contributed by atoms with Crippen molar-refractivity contribution >= 4 is 70.3 Å². The van der Waals surface area contributed by atoms with E-state index in [0.29, 0.717) is 25.4 Å². The minimum absolute atomic E-state index is 0.176. The number of hydrogen-bond donors (Lipinski definition) is 1. The van der Waals surface area contributed by atoms with Crippen LogP contribution in [0.5, 0.6) is 0 Å². The number of nitrogens with zero attached hydrogens (tertiary/aromatic N) is 2. The minimum Gasteiger partial charge on any atom is -0.345 e. The molecule has 0 aliphatic heterocycles. The Balaban J connectivity index is 2.19. The Bertz CT molecular complexity index is 1190. The van der Waals surface area contributed by atoms with E-state index in [1.165, 1.54) is 25.0 Å². The molecule has 0 bridgehead atoms. The van der Waals surface area contributed by atoms with Crippen LogP contribution in [0.1, 0.15) is 27.7 Å². The molecule has 3 aromatic rings. The van der Waals surface area contributed by atoms with Crippen molar-refractivity contribution in [2.24, 2.45) is 4.99 Å². The average molecular weight is 517 g/mol. The summed E-state index contributed by atoms with van der Waals surface area (Å²) in [5.74, 6) is 0. The van der Waals surface area contributed by atoms with Gasteiger partial charge in [-0.2, -0.15) is 4.31 Å². The van der Waals surface area contributed by atoms with Gasteiger partial charge in [-0.1, -0.05) is 43.9 Å². The fourth-order valence-electron chi connectivity index (χ4n) is 3.18. The summed E-state index contributed by atoms with van der Waals surface area (Å²) in [6.45, 7) is 7.48. The highest BCUT2D eigenvalue weighted by atomic mass is 35.5. The molecule has 1 heterocycles. The van der Waals surface area contributed by atoms with E-state index >= 15 is 0 Å². The van der Waals surface area contributed by atoms with Crippen molar-refractivity contribution in [3.63, 3.8) is 0 Å². The summed E-state index contributed by atoms with van der Waals surface area (Å²) >= 11 is 12.0. The molecule has 0 saturated carbocycles. The maximum atomic E-state index is 13.8. The van der Waals surface area contributed by atoms with Crippen LogP contribution in [0.2, 0.25) is 10.0 Å². The molecule has 10 heteroatoms. The van der Waals surface area contributed by atoms with Crippen LogP contribution >= 0.6 is 43.9 Å². The largest absolute Gasteiger partial charge is 0.345 e. The first kappa shape index (κ1) is 24.2. The number of nitrogens with one attached hydrogen (secondary N) is 1. The van der Waals surface area contributed by atoms with Gasteiger partial charge >= 0.3 is 0 Å². The second-order valence-corrected chi connectivity index (χ2v) is 12.2. The van der Waals surface area contributed by atoms with E-state index in [4.69, 9.17) is 23.2 Å². The Hall–Kier alpha value is -1.42. The zero-order valence-electron chi connectivity index (χ0n) is 17.5. The van der Waals surface area contributed by atoms with Crippen LogP contribution < -0.4 is 9.99 Å². The van der Waals surface area contributed by atoms with Crippen LogP contribution in [0.4, 0.5) is 16.4 Å². The Morgan fingerprint density at radius 3 is 1.90 bits per heavy atom. The van der Waals surface area contributed by atoms with Crippen LogP contribution in [0, 0.1) is 0 Å². The molecule has 0 aliphatic rings. The van der Waals surface area contributed by atoms with Gasteiger partial charge in [-0.3, -0.25) is 0 Å². The Morgan fingerprint density at radius 2 is 1.39 bits per heavy atom. The molecular weight excluding hydrogens is 493 g/mol. The molecule has 0 amide bonds. The quantitative estimate of drug-likeness (QED) is 0.348. The molecule has 0 fully saturated rings. The molecule has 0 atom stereocenters. The van der Waals surface area contributed by atoms with Crippen molar-refractivity contribution in [2.45, 2.75) is 44.7 Å². The highest BCUT2D eigenvalue weighted by molar-refractivity contribution is 7.90. The molecule has 166 valence electrons. The molecule has 2 aromatic carbocycles. The van der Waals surface area contributed by atoms with Gasteiger partial charge in [-0.25, -0.2) is 13.4 Å². The molecule has 5 nitrogen and oxygen atoms in total. The third-order valence-electron chi connectivity index (χ3n) is 4.32. The lowest BCUT2D eigenvalue weighted by atomic mass is 10.3. The van der Waals surface area contributed by atoms with Gasteiger partial charge in [0.05, 0.1) is 5.69 Å². The summed E-state index contributed by atoms with van der Waals surface area (Å²) in [4.78, 5) is 4.81. The topological polar surface area (TPSA) is 61.8 Å². The zero-order chi connectivity index (χ0) is 22.8. The van der Waals surface area contributed by atoms with Gasteiger partial charge in [-0.15, -0.1) is 0 Å². The molecule has 0 unspecified atom stereocenters. The normalized spacial score (nSPS) is 12.9. The lowest BCUT2D eigenvalue weighted by Gasteiger charge is -2.29. The van der Waals surface area contributed by atoms with Gasteiger partial charge in [0.1, 0.15) is 9.67 Å². The number of sulfonamides is 1. The molecule has 0 radical (unpaired) electrons. The van der Waals surface area contributed by atoms with Crippen molar-refractivity contribution < 1.29 is 8.42 Å². The fourth-order valence-corrected chi connectivity index (χ4v) is 8.61. The summed E-state index contributed by atoms with van der Waals surface area (Å²) in [6, 6.07) is 13.7. The van der Waals surface area contributed by atoms with E-state index in [9.17, 15) is 8.42 Å². The maximum absolute atomic E-state index is 13.8. The molecule has 31 heavy (non-hydrogen) atoms. The van der Waals surface area contributed by atoms with Crippen molar-refractivity contribution in [1.82, 2.24) is 4.31 Å². The summed E-state index contributed by atoms with van der Waals surface area (Å²) in [5.41, 5.74) is 1.38. The third-order valence-corrected chi connectivity index (χ3v) is 9.62. The van der Waals surface area contributed by atoms with Crippen LogP contribution in [0.3, 0.4) is 0 Å². The minimum atomic E-state index is -3.83. The predicted octanol–water partition coefficient (Wildman–Crippen LogP) is 6.90. The number of hydrogen-bond acceptors (Lipinski definition) is 6. The summed E-state index contributed by atoms with van der Waals surface area (Å²) in [6.07, 6.45) is 0. The van der Waals surface area contributed by atoms with Crippen molar-refractivity contribution in [1.29, 1.82) is 0 Å². The predicted molar refractivity (Wildman–Crippen MR) is 133 cm³/mol. The molecule has 3 rings (SSSR count). The van der Waals surface area contributed by atoms with Crippen molar-refractivity contribution in [2.75, 3.05) is 5.32 Å². The van der Waals surface area contributed by atoms with Gasteiger partial charge in [0, 0.05) is 27.8 Å². The van der Waals surface area contributed by atoms with Gasteiger partial charge in [-0.05, 0) is 76.2 Å². The van der Waals surface area contributed by atoms with Gasteiger partial charge in [0.25, 0.3) is 0 Å². The summed E-state index contributed by atoms with van der Waals surface area (Å²) in [5, 5.41) is 4.96. The molecular formula is C21H23Cl2N3O2S3. The fraction of sp³-hybridized carbons (Fsp3) is 0.286. The van der Waals surface area contributed by atoms with E-state index in [-0.39, 0.29) is 17.0 Å². The molecule has 0 aliphatic carbocycles. The van der Waals surface area contributed by atoms with E-state index < -0.39 is 10.0 Å². The average Bonchev–Trinajstić information content (AvgIpc) is 3.07. The smallest absolute Gasteiger partial charge is 0.249 e. The Kier molecular flexibility index (Phi) is 7.83. The monoisotopic (exact) mass is 515 g/mol. The van der Waals surface area contributed by atoms with E-state index in [0.717, 1.165) is 5.69 Å². The first-order valence-electron chi connectivity index (χ1n) is 9.59. The zero-order valence-corrected chi connectivity index (χ0v) is 21.4. The van der Waals surface area contributed by atoms with Crippen LogP contribution in [-0.2, 0) is 10.0 Å². The first-order chi connectivity index (χ1) is 14.6. The van der Waals surface area contributed by atoms with Crippen molar-refractivity contribution in [3.8, 4) is 0 Å². The number of benzene rings is 2. The van der Waals surface area contributed by atoms with E-state index in [2.05, 4.69) is 10.3 Å². The van der Waals surface area contributed by atoms with Gasteiger partial charge in [0.15, 0.2) is 4.90 Å². The maximum Gasteiger partial charge on any atom is 0.249 e. The summed E-state index contributed by atoms with van der Waals surface area (Å²) < 4.78 is 29.5. The van der Waals surface area contributed by atoms with Crippen LogP contribution in [0.25, 0.3) is 0 Å². The molecule has 0 spiro atoms. The van der Waals surface area contributed by atoms with Crippen LogP contribution in [-0.4, -0.2) is 24.8 Å². The number of halogens is 2. The molecule has 1 aromatic heterocycles. The van der Waals surface area contributed by atoms with Gasteiger partial charge in [0.2, 0.25) is 10.0 Å². The molecule has 0 saturated heterocycles. The van der Waals surface area contributed by atoms with Gasteiger partial charge < -0.3 is 5.32 Å². The summed E-state index contributed by atoms with van der Waals surface area (Å²) in [7, 11) is -1.18. The lowest BCUT2D eigenvalue weighted by Crippen LogP contribution is -2.43. The second-order valence-electron chi connectivity index (χ2n) is 7.37. The standard InChI is InChI=1S/C21H23Cl2N3O2S3/c1-13(2)26(14(3)4)31(27,28)19-20(24-17-9-5-15(22)6-10-17)29-30-21(19)25-18-11-7-16(23)8-12-18/h5-14,24H,1-4H3. The van der Waals surface area contributed by atoms with E-state index in [1.54, 1.807) is 36.4 Å². The SMILES string of the molecule is CC(C)N(C(C)C)S(=O)(=O)c1c(Nc2ccc(Cl)cc2)ssc1=Nc1ccc(Cl)cc1. The highest BCUT2D eigenvalue weighted by Gasteiger charge is 2.34. The lowest BCUT2D eigenvalue weighted by molar-refractivity contribution is 0.302.